The van der Waals surface area contributed by atoms with Crippen molar-refractivity contribution in [1.29, 1.82) is 0 Å². The van der Waals surface area contributed by atoms with Crippen LogP contribution in [0.5, 0.6) is 0 Å². The summed E-state index contributed by atoms with van der Waals surface area (Å²) < 4.78 is 18.1. The van der Waals surface area contributed by atoms with Gasteiger partial charge in [0.05, 0.1) is 11.9 Å². The molecule has 2 heterocycles. The van der Waals surface area contributed by atoms with E-state index in [0.717, 1.165) is 22.5 Å². The number of aromatic nitrogens is 4. The first kappa shape index (κ1) is 16.6. The van der Waals surface area contributed by atoms with Crippen LogP contribution in [0.1, 0.15) is 35.6 Å². The minimum absolute atomic E-state index is 0.191. The van der Waals surface area contributed by atoms with Gasteiger partial charge in [0.1, 0.15) is 16.2 Å². The molecular weight excluding hydrogens is 375 g/mol. The molecule has 1 aromatic carbocycles. The lowest BCUT2D eigenvalue weighted by Gasteiger charge is -2.11. The Morgan fingerprint density at radius 1 is 1.38 bits per heavy atom. The Labute approximate surface area is 147 Å². The molecule has 0 radical (unpaired) electrons. The Hall–Kier alpha value is -2.28. The molecule has 3 rings (SSSR count). The van der Waals surface area contributed by atoms with Crippen molar-refractivity contribution in [1.82, 2.24) is 19.3 Å². The predicted octanol–water partition coefficient (Wildman–Crippen LogP) is 3.78. The van der Waals surface area contributed by atoms with Crippen molar-refractivity contribution < 1.29 is 9.18 Å². The molecule has 2 aromatic heterocycles. The van der Waals surface area contributed by atoms with Crippen LogP contribution in [0.25, 0.3) is 5.69 Å². The number of aryl methyl sites for hydroxylation is 1. The molecule has 0 saturated carbocycles. The molecule has 0 aliphatic rings. The Kier molecular flexibility index (Phi) is 4.62. The molecule has 0 N–H and O–H groups in total. The van der Waals surface area contributed by atoms with Crippen LogP contribution in [-0.2, 0) is 13.0 Å². The van der Waals surface area contributed by atoms with Crippen molar-refractivity contribution in [2.24, 2.45) is 0 Å². The second-order valence-electron chi connectivity index (χ2n) is 5.38. The van der Waals surface area contributed by atoms with Gasteiger partial charge in [-0.2, -0.15) is 5.10 Å². The van der Waals surface area contributed by atoms with Gasteiger partial charge in [-0.25, -0.2) is 9.37 Å². The molecule has 0 spiro atoms. The van der Waals surface area contributed by atoms with Gasteiger partial charge < -0.3 is 4.57 Å². The van der Waals surface area contributed by atoms with Gasteiger partial charge >= 0.3 is 0 Å². The van der Waals surface area contributed by atoms with Crippen LogP contribution in [0, 0.1) is 5.82 Å². The van der Waals surface area contributed by atoms with Crippen LogP contribution < -0.4 is 0 Å². The molecule has 0 bridgehead atoms. The Morgan fingerprint density at radius 2 is 2.17 bits per heavy atom. The molecule has 0 amide bonds. The minimum atomic E-state index is -0.433. The number of hydrogen-bond acceptors (Lipinski definition) is 3. The minimum Gasteiger partial charge on any atom is -0.303 e. The van der Waals surface area contributed by atoms with Crippen LogP contribution >= 0.6 is 15.9 Å². The fraction of sp³-hybridized carbons (Fsp3) is 0.235. The van der Waals surface area contributed by atoms with Gasteiger partial charge in [-0.3, -0.25) is 9.48 Å². The van der Waals surface area contributed by atoms with Crippen LogP contribution in [-0.4, -0.2) is 25.1 Å². The summed E-state index contributed by atoms with van der Waals surface area (Å²) in [6, 6.07) is 4.20. The second kappa shape index (κ2) is 6.68. The Bertz CT molecular complexity index is 900. The van der Waals surface area contributed by atoms with Crippen LogP contribution in [0.2, 0.25) is 0 Å². The summed E-state index contributed by atoms with van der Waals surface area (Å²) in [4.78, 5) is 16.2. The van der Waals surface area contributed by atoms with E-state index >= 15 is 0 Å². The summed E-state index contributed by atoms with van der Waals surface area (Å²) in [7, 11) is 0. The lowest BCUT2D eigenvalue weighted by atomic mass is 10.1. The average Bonchev–Trinajstić information content (AvgIpc) is 3.15. The molecule has 5 nitrogen and oxygen atoms in total. The Morgan fingerprint density at radius 3 is 2.83 bits per heavy atom. The maximum atomic E-state index is 13.5. The standard InChI is InChI=1S/C17H16BrFN4O/c1-3-23-17(18)12(10-21-23)8-16-20-6-7-22(16)15-5-4-13(19)9-14(15)11(2)24/h4-7,9-10H,3,8H2,1-2H3. The van der Waals surface area contributed by atoms with Gasteiger partial charge in [0.15, 0.2) is 5.78 Å². The summed E-state index contributed by atoms with van der Waals surface area (Å²) in [5.74, 6) is 0.127. The van der Waals surface area contributed by atoms with E-state index in [-0.39, 0.29) is 5.78 Å². The van der Waals surface area contributed by atoms with Crippen LogP contribution in [0.3, 0.4) is 0 Å². The summed E-state index contributed by atoms with van der Waals surface area (Å²) in [5.41, 5.74) is 1.95. The molecule has 0 aliphatic carbocycles. The summed E-state index contributed by atoms with van der Waals surface area (Å²) >= 11 is 3.54. The fourth-order valence-electron chi connectivity index (χ4n) is 2.60. The molecule has 0 aliphatic heterocycles. The van der Waals surface area contributed by atoms with Gasteiger partial charge in [0, 0.05) is 36.5 Å². The number of halogens is 2. The maximum Gasteiger partial charge on any atom is 0.162 e. The number of hydrogen-bond donors (Lipinski definition) is 0. The number of imidazole rings is 1. The quantitative estimate of drug-likeness (QED) is 0.622. The predicted molar refractivity (Wildman–Crippen MR) is 91.9 cm³/mol. The topological polar surface area (TPSA) is 52.7 Å². The maximum absolute atomic E-state index is 13.5. The highest BCUT2D eigenvalue weighted by Gasteiger charge is 2.16. The molecule has 0 saturated heterocycles. The van der Waals surface area contributed by atoms with E-state index in [4.69, 9.17) is 0 Å². The van der Waals surface area contributed by atoms with Gasteiger partial charge in [-0.1, -0.05) is 0 Å². The van der Waals surface area contributed by atoms with Crippen molar-refractivity contribution in [3.8, 4) is 5.69 Å². The third-order valence-electron chi connectivity index (χ3n) is 3.81. The van der Waals surface area contributed by atoms with Gasteiger partial charge in [-0.15, -0.1) is 0 Å². The third kappa shape index (κ3) is 3.03. The van der Waals surface area contributed by atoms with Gasteiger partial charge in [-0.05, 0) is 48.0 Å². The van der Waals surface area contributed by atoms with E-state index in [2.05, 4.69) is 26.0 Å². The summed E-state index contributed by atoms with van der Waals surface area (Å²) in [5, 5.41) is 4.30. The van der Waals surface area contributed by atoms with E-state index in [1.54, 1.807) is 24.7 Å². The number of carbonyl (C=O) groups excluding carboxylic acids is 1. The zero-order valence-electron chi connectivity index (χ0n) is 13.3. The zero-order valence-corrected chi connectivity index (χ0v) is 14.9. The first-order valence-electron chi connectivity index (χ1n) is 7.54. The summed E-state index contributed by atoms with van der Waals surface area (Å²) in [6.07, 6.45) is 5.78. The fourth-order valence-corrected chi connectivity index (χ4v) is 3.19. The number of Topliss-reactive ketones (excluding diaryl/α,β-unsaturated/α-hetero) is 1. The van der Waals surface area contributed by atoms with E-state index in [9.17, 15) is 9.18 Å². The van der Waals surface area contributed by atoms with E-state index in [0.29, 0.717) is 17.7 Å². The molecule has 24 heavy (non-hydrogen) atoms. The smallest absolute Gasteiger partial charge is 0.162 e. The number of benzene rings is 1. The largest absolute Gasteiger partial charge is 0.303 e. The number of carbonyl (C=O) groups is 1. The van der Waals surface area contributed by atoms with E-state index < -0.39 is 5.82 Å². The monoisotopic (exact) mass is 390 g/mol. The van der Waals surface area contributed by atoms with Crippen LogP contribution in [0.4, 0.5) is 4.39 Å². The van der Waals surface area contributed by atoms with Gasteiger partial charge in [0.25, 0.3) is 0 Å². The van der Waals surface area contributed by atoms with Crippen LogP contribution in [0.15, 0.2) is 41.4 Å². The lowest BCUT2D eigenvalue weighted by molar-refractivity contribution is 0.101. The Balaban J connectivity index is 2.02. The first-order chi connectivity index (χ1) is 11.5. The number of nitrogens with zero attached hydrogens (tertiary/aromatic N) is 4. The molecule has 7 heteroatoms. The lowest BCUT2D eigenvalue weighted by Crippen LogP contribution is -2.07. The molecule has 3 aromatic rings. The first-order valence-corrected chi connectivity index (χ1v) is 8.33. The second-order valence-corrected chi connectivity index (χ2v) is 6.14. The molecule has 124 valence electrons. The van der Waals surface area contributed by atoms with Crippen molar-refractivity contribution in [3.05, 3.63) is 64.2 Å². The third-order valence-corrected chi connectivity index (χ3v) is 4.73. The molecule has 0 unspecified atom stereocenters. The number of rotatable bonds is 5. The molecule has 0 atom stereocenters. The highest BCUT2D eigenvalue weighted by atomic mass is 79.9. The van der Waals surface area contributed by atoms with Gasteiger partial charge in [0.2, 0.25) is 0 Å². The zero-order chi connectivity index (χ0) is 17.3. The van der Waals surface area contributed by atoms with E-state index in [1.807, 2.05) is 16.2 Å². The van der Waals surface area contributed by atoms with Crippen molar-refractivity contribution in [3.63, 3.8) is 0 Å². The van der Waals surface area contributed by atoms with Crippen molar-refractivity contribution >= 4 is 21.7 Å². The van der Waals surface area contributed by atoms with Crippen molar-refractivity contribution in [2.45, 2.75) is 26.8 Å². The molecule has 0 fully saturated rings. The SMILES string of the molecule is CCn1ncc(Cc2nccn2-c2ccc(F)cc2C(C)=O)c1Br. The summed E-state index contributed by atoms with van der Waals surface area (Å²) in [6.45, 7) is 4.21. The normalized spacial score (nSPS) is 11.0. The molecular formula is C17H16BrFN4O. The van der Waals surface area contributed by atoms with E-state index in [1.165, 1.54) is 19.1 Å². The highest BCUT2D eigenvalue weighted by Crippen LogP contribution is 2.23. The highest BCUT2D eigenvalue weighted by molar-refractivity contribution is 9.10. The number of ketones is 1. The average molecular weight is 391 g/mol. The van der Waals surface area contributed by atoms with Crippen molar-refractivity contribution in [2.75, 3.05) is 0 Å².